The van der Waals surface area contributed by atoms with Gasteiger partial charge in [-0.1, -0.05) is 42.5 Å². The molecule has 4 rings (SSSR count). The first-order valence-corrected chi connectivity index (χ1v) is 9.61. The predicted octanol–water partition coefficient (Wildman–Crippen LogP) is 2.52. The van der Waals surface area contributed by atoms with Gasteiger partial charge >= 0.3 is 5.97 Å². The Labute approximate surface area is 164 Å². The fourth-order valence-corrected chi connectivity index (χ4v) is 3.58. The van der Waals surface area contributed by atoms with Crippen LogP contribution < -0.4 is 10.2 Å². The van der Waals surface area contributed by atoms with Gasteiger partial charge in [0.1, 0.15) is 5.84 Å². The van der Waals surface area contributed by atoms with Gasteiger partial charge in [0.25, 0.3) is 0 Å². The fourth-order valence-electron chi connectivity index (χ4n) is 3.58. The summed E-state index contributed by atoms with van der Waals surface area (Å²) in [7, 11) is 0. The Morgan fingerprint density at radius 2 is 1.93 bits per heavy atom. The number of anilines is 1. The van der Waals surface area contributed by atoms with Gasteiger partial charge in [-0.05, 0) is 24.1 Å². The minimum Gasteiger partial charge on any atom is -0.465 e. The first-order valence-electron chi connectivity index (χ1n) is 9.61. The smallest absolute Gasteiger partial charge is 0.311 e. The molecule has 1 atom stereocenters. The Bertz CT molecular complexity index is 895. The van der Waals surface area contributed by atoms with Crippen LogP contribution in [0.5, 0.6) is 0 Å². The van der Waals surface area contributed by atoms with Gasteiger partial charge in [-0.15, -0.1) is 0 Å². The molecule has 0 bridgehead atoms. The average molecular weight is 377 g/mol. The maximum absolute atomic E-state index is 12.3. The van der Waals surface area contributed by atoms with Crippen molar-refractivity contribution in [3.05, 3.63) is 65.7 Å². The van der Waals surface area contributed by atoms with Gasteiger partial charge in [0.15, 0.2) is 0 Å². The van der Waals surface area contributed by atoms with Gasteiger partial charge in [0.2, 0.25) is 5.91 Å². The summed E-state index contributed by atoms with van der Waals surface area (Å²) in [4.78, 5) is 30.7. The van der Waals surface area contributed by atoms with Crippen molar-refractivity contribution >= 4 is 23.4 Å². The van der Waals surface area contributed by atoms with Crippen LogP contribution >= 0.6 is 0 Å². The lowest BCUT2D eigenvalue weighted by atomic mass is 10.1. The molecule has 6 heteroatoms. The summed E-state index contributed by atoms with van der Waals surface area (Å²) >= 11 is 0. The zero-order valence-electron chi connectivity index (χ0n) is 15.6. The number of aliphatic imine (C=N–C) groups is 1. The fraction of sp³-hybridized carbons (Fsp3) is 0.318. The number of ether oxygens (including phenoxy) is 1. The molecule has 0 aliphatic carbocycles. The lowest BCUT2D eigenvalue weighted by Gasteiger charge is -2.16. The van der Waals surface area contributed by atoms with Crippen molar-refractivity contribution in [2.75, 3.05) is 24.6 Å². The minimum absolute atomic E-state index is 0.0345. The van der Waals surface area contributed by atoms with E-state index in [0.29, 0.717) is 32.7 Å². The highest BCUT2D eigenvalue weighted by molar-refractivity contribution is 6.02. The Kier molecular flexibility index (Phi) is 5.37. The average Bonchev–Trinajstić information content (AvgIpc) is 3.32. The van der Waals surface area contributed by atoms with Crippen LogP contribution in [0.25, 0.3) is 0 Å². The number of hydrogen-bond acceptors (Lipinski definition) is 5. The van der Waals surface area contributed by atoms with E-state index in [-0.39, 0.29) is 18.3 Å². The highest BCUT2D eigenvalue weighted by atomic mass is 16.5. The zero-order chi connectivity index (χ0) is 19.3. The van der Waals surface area contributed by atoms with E-state index in [1.807, 2.05) is 42.5 Å². The number of carbonyl (C=O) groups is 2. The van der Waals surface area contributed by atoms with Crippen molar-refractivity contribution in [2.45, 2.75) is 19.4 Å². The summed E-state index contributed by atoms with van der Waals surface area (Å²) < 4.78 is 5.39. The molecule has 0 aromatic heterocycles. The molecule has 0 radical (unpaired) electrons. The van der Waals surface area contributed by atoms with E-state index in [4.69, 9.17) is 4.74 Å². The summed E-state index contributed by atoms with van der Waals surface area (Å²) in [5.41, 5.74) is 3.19. The third-order valence-electron chi connectivity index (χ3n) is 5.06. The van der Waals surface area contributed by atoms with Gasteiger partial charge in [0.05, 0.1) is 19.1 Å². The molecule has 28 heavy (non-hydrogen) atoms. The predicted molar refractivity (Wildman–Crippen MR) is 107 cm³/mol. The number of amidine groups is 1. The third-order valence-corrected chi connectivity index (χ3v) is 5.06. The Morgan fingerprint density at radius 1 is 1.14 bits per heavy atom. The largest absolute Gasteiger partial charge is 0.465 e. The number of rotatable bonds is 6. The molecule has 6 nitrogen and oxygen atoms in total. The van der Waals surface area contributed by atoms with Crippen molar-refractivity contribution in [1.29, 1.82) is 0 Å². The quantitative estimate of drug-likeness (QED) is 0.620. The first-order chi connectivity index (χ1) is 13.7. The van der Waals surface area contributed by atoms with Gasteiger partial charge in [-0.25, -0.2) is 0 Å². The van der Waals surface area contributed by atoms with Crippen LogP contribution in [0, 0.1) is 5.92 Å². The van der Waals surface area contributed by atoms with Crippen molar-refractivity contribution < 1.29 is 14.3 Å². The van der Waals surface area contributed by atoms with Crippen LogP contribution in [0.3, 0.4) is 0 Å². The molecule has 144 valence electrons. The van der Waals surface area contributed by atoms with Crippen LogP contribution in [0.1, 0.15) is 24.0 Å². The molecule has 1 saturated heterocycles. The van der Waals surface area contributed by atoms with E-state index >= 15 is 0 Å². The second-order valence-corrected chi connectivity index (χ2v) is 7.01. The summed E-state index contributed by atoms with van der Waals surface area (Å²) in [6, 6.07) is 17.6. The van der Waals surface area contributed by atoms with Gasteiger partial charge < -0.3 is 15.0 Å². The van der Waals surface area contributed by atoms with E-state index in [2.05, 4.69) is 22.4 Å². The molecule has 2 aromatic rings. The number of nitrogens with zero attached hydrogens (tertiary/aromatic N) is 2. The zero-order valence-corrected chi connectivity index (χ0v) is 15.6. The standard InChI is InChI=1S/C22H23N3O3/c26-20-13-17(15-25(20)18-8-2-1-3-9-18)22(27)28-12-6-11-23-21-19-10-5-4-7-16(19)14-24-21/h1-5,7-10,17H,6,11-15H2,(H,23,24). The van der Waals surface area contributed by atoms with E-state index in [9.17, 15) is 9.59 Å². The maximum atomic E-state index is 12.3. The number of hydrogen-bond donors (Lipinski definition) is 1. The molecule has 0 saturated carbocycles. The monoisotopic (exact) mass is 377 g/mol. The van der Waals surface area contributed by atoms with E-state index < -0.39 is 5.92 Å². The second-order valence-electron chi connectivity index (χ2n) is 7.01. The molecule has 1 N–H and O–H groups in total. The molecule has 2 aliphatic rings. The molecule has 1 amide bonds. The van der Waals surface area contributed by atoms with E-state index in [1.54, 1.807) is 4.90 Å². The van der Waals surface area contributed by atoms with Crippen LogP contribution in [-0.4, -0.2) is 37.4 Å². The summed E-state index contributed by atoms with van der Waals surface area (Å²) in [5, 5.41) is 3.31. The molecule has 1 unspecified atom stereocenters. The highest BCUT2D eigenvalue weighted by Crippen LogP contribution is 2.25. The van der Waals surface area contributed by atoms with Crippen LogP contribution in [0.15, 0.2) is 59.6 Å². The van der Waals surface area contributed by atoms with Crippen LogP contribution in [0.2, 0.25) is 0 Å². The van der Waals surface area contributed by atoms with E-state index in [0.717, 1.165) is 17.1 Å². The number of nitrogens with one attached hydrogen (secondary N) is 1. The number of benzene rings is 2. The summed E-state index contributed by atoms with van der Waals surface area (Å²) in [6.07, 6.45) is 0.898. The maximum Gasteiger partial charge on any atom is 0.311 e. The number of fused-ring (bicyclic) bond motifs is 1. The van der Waals surface area contributed by atoms with Gasteiger partial charge in [-0.3, -0.25) is 14.6 Å². The van der Waals surface area contributed by atoms with E-state index in [1.165, 1.54) is 5.56 Å². The van der Waals surface area contributed by atoms with Crippen molar-refractivity contribution in [3.8, 4) is 0 Å². The highest BCUT2D eigenvalue weighted by Gasteiger charge is 2.36. The molecule has 2 heterocycles. The lowest BCUT2D eigenvalue weighted by Crippen LogP contribution is -2.27. The van der Waals surface area contributed by atoms with Gasteiger partial charge in [-0.2, -0.15) is 0 Å². The van der Waals surface area contributed by atoms with Crippen molar-refractivity contribution in [1.82, 2.24) is 5.32 Å². The van der Waals surface area contributed by atoms with Gasteiger partial charge in [0, 0.05) is 30.8 Å². The van der Waals surface area contributed by atoms with Crippen molar-refractivity contribution in [2.24, 2.45) is 10.9 Å². The molecule has 0 spiro atoms. The van der Waals surface area contributed by atoms with Crippen molar-refractivity contribution in [3.63, 3.8) is 0 Å². The Hall–Kier alpha value is -3.15. The SMILES string of the molecule is O=C(OCCCNC1=NCc2ccccc21)C1CC(=O)N(c2ccccc2)C1. The lowest BCUT2D eigenvalue weighted by molar-refractivity contribution is -0.148. The van der Waals surface area contributed by atoms with Crippen LogP contribution in [0.4, 0.5) is 5.69 Å². The topological polar surface area (TPSA) is 71.0 Å². The first kappa shape index (κ1) is 18.2. The number of para-hydroxylation sites is 1. The Balaban J connectivity index is 1.19. The Morgan fingerprint density at radius 3 is 2.79 bits per heavy atom. The second kappa shape index (κ2) is 8.25. The molecule has 2 aliphatic heterocycles. The molecular weight excluding hydrogens is 354 g/mol. The number of amides is 1. The normalized spacial score (nSPS) is 18.0. The van der Waals surface area contributed by atoms with Crippen LogP contribution in [-0.2, 0) is 20.9 Å². The molecule has 1 fully saturated rings. The third kappa shape index (κ3) is 3.91. The summed E-state index contributed by atoms with van der Waals surface area (Å²) in [5.74, 6) is 0.177. The number of esters is 1. The minimum atomic E-state index is -0.397. The summed E-state index contributed by atoms with van der Waals surface area (Å²) in [6.45, 7) is 2.10. The molecular formula is C22H23N3O3. The molecule has 2 aromatic carbocycles. The number of carbonyl (C=O) groups excluding carboxylic acids is 2.